The molecule has 86 valence electrons. The summed E-state index contributed by atoms with van der Waals surface area (Å²) in [6, 6.07) is 0. The van der Waals surface area contributed by atoms with Crippen LogP contribution >= 0.6 is 11.8 Å². The van der Waals surface area contributed by atoms with Gasteiger partial charge < -0.3 is 4.52 Å². The van der Waals surface area contributed by atoms with E-state index in [1.807, 2.05) is 13.8 Å². The van der Waals surface area contributed by atoms with Gasteiger partial charge in [-0.1, -0.05) is 30.8 Å². The van der Waals surface area contributed by atoms with Gasteiger partial charge in [0.1, 0.15) is 5.82 Å². The predicted octanol–water partition coefficient (Wildman–Crippen LogP) is 1.60. The number of nitrogens with zero attached hydrogens (tertiary/aromatic N) is 4. The summed E-state index contributed by atoms with van der Waals surface area (Å²) in [5.74, 6) is 2.85. The van der Waals surface area contributed by atoms with Crippen molar-refractivity contribution >= 4 is 11.8 Å². The van der Waals surface area contributed by atoms with Crippen LogP contribution in [0, 0.1) is 0 Å². The van der Waals surface area contributed by atoms with E-state index in [-0.39, 0.29) is 0 Å². The number of hydrogen-bond acceptors (Lipinski definition) is 6. The fourth-order valence-corrected chi connectivity index (χ4v) is 1.77. The highest BCUT2D eigenvalue weighted by Gasteiger charge is 2.07. The second-order valence-electron chi connectivity index (χ2n) is 3.16. The van der Waals surface area contributed by atoms with E-state index in [1.54, 1.807) is 0 Å². The number of hydrogen-bond donors (Lipinski definition) is 1. The van der Waals surface area contributed by atoms with Gasteiger partial charge in [-0.25, -0.2) is 4.98 Å². The maximum absolute atomic E-state index is 5.06. The molecule has 6 nitrogen and oxygen atoms in total. The van der Waals surface area contributed by atoms with E-state index in [9.17, 15) is 0 Å². The fourth-order valence-electron chi connectivity index (χ4n) is 1.12. The van der Waals surface area contributed by atoms with Gasteiger partial charge in [0.2, 0.25) is 11.0 Å². The molecular weight excluding hydrogens is 226 g/mol. The van der Waals surface area contributed by atoms with Crippen LogP contribution in [0.1, 0.15) is 31.4 Å². The number of aromatic amines is 1. The summed E-state index contributed by atoms with van der Waals surface area (Å²) in [5, 5.41) is 11.5. The molecule has 0 aliphatic carbocycles. The second-order valence-corrected chi connectivity index (χ2v) is 4.11. The first-order valence-corrected chi connectivity index (χ1v) is 6.16. The van der Waals surface area contributed by atoms with E-state index in [2.05, 4.69) is 25.3 Å². The van der Waals surface area contributed by atoms with E-state index in [1.165, 1.54) is 11.8 Å². The summed E-state index contributed by atoms with van der Waals surface area (Å²) < 4.78 is 5.06. The van der Waals surface area contributed by atoms with Gasteiger partial charge in [-0.05, 0) is 0 Å². The van der Waals surface area contributed by atoms with Crippen LogP contribution in [-0.4, -0.2) is 25.3 Å². The number of rotatable bonds is 5. The molecule has 0 aliphatic heterocycles. The molecule has 0 fully saturated rings. The lowest BCUT2D eigenvalue weighted by Gasteiger charge is -1.89. The SMILES string of the molecule is CCc1noc(CSc2n[nH]c(CC)n2)n1. The zero-order chi connectivity index (χ0) is 11.4. The minimum Gasteiger partial charge on any atom is -0.338 e. The molecule has 0 saturated carbocycles. The third-order valence-electron chi connectivity index (χ3n) is 2.00. The highest BCUT2D eigenvalue weighted by Crippen LogP contribution is 2.17. The van der Waals surface area contributed by atoms with E-state index >= 15 is 0 Å². The Morgan fingerprint density at radius 1 is 1.25 bits per heavy atom. The van der Waals surface area contributed by atoms with E-state index in [0.717, 1.165) is 24.5 Å². The first-order valence-electron chi connectivity index (χ1n) is 5.17. The maximum Gasteiger partial charge on any atom is 0.237 e. The molecule has 0 atom stereocenters. The highest BCUT2D eigenvalue weighted by atomic mass is 32.2. The molecule has 0 aliphatic rings. The standard InChI is InChI=1S/C9H13N5OS/c1-3-6-11-9(13-12-6)16-5-8-10-7(4-2)14-15-8/h3-5H2,1-2H3,(H,11,12,13). The summed E-state index contributed by atoms with van der Waals surface area (Å²) in [7, 11) is 0. The van der Waals surface area contributed by atoms with Gasteiger partial charge in [0, 0.05) is 12.8 Å². The molecule has 2 rings (SSSR count). The number of thioether (sulfide) groups is 1. The highest BCUT2D eigenvalue weighted by molar-refractivity contribution is 7.98. The van der Waals surface area contributed by atoms with Gasteiger partial charge in [-0.3, -0.25) is 5.10 Å². The Morgan fingerprint density at radius 2 is 2.12 bits per heavy atom. The Kier molecular flexibility index (Phi) is 3.55. The van der Waals surface area contributed by atoms with Crippen molar-refractivity contribution in [3.8, 4) is 0 Å². The van der Waals surface area contributed by atoms with Crippen molar-refractivity contribution in [1.82, 2.24) is 25.3 Å². The number of aromatic nitrogens is 5. The molecule has 0 aromatic carbocycles. The van der Waals surface area contributed by atoms with Crippen molar-refractivity contribution in [1.29, 1.82) is 0 Å². The third kappa shape index (κ3) is 2.60. The van der Waals surface area contributed by atoms with Crippen LogP contribution in [0.5, 0.6) is 0 Å². The van der Waals surface area contributed by atoms with Crippen LogP contribution in [0.4, 0.5) is 0 Å². The average molecular weight is 239 g/mol. The summed E-state index contributed by atoms with van der Waals surface area (Å²) in [6.07, 6.45) is 1.64. The maximum atomic E-state index is 5.06. The monoisotopic (exact) mass is 239 g/mol. The van der Waals surface area contributed by atoms with E-state index < -0.39 is 0 Å². The van der Waals surface area contributed by atoms with Crippen LogP contribution in [0.25, 0.3) is 0 Å². The van der Waals surface area contributed by atoms with Crippen LogP contribution in [0.15, 0.2) is 9.68 Å². The molecule has 0 radical (unpaired) electrons. The van der Waals surface area contributed by atoms with Gasteiger partial charge in [0.05, 0.1) is 5.75 Å². The first-order chi connectivity index (χ1) is 7.81. The molecule has 1 N–H and O–H groups in total. The summed E-state index contributed by atoms with van der Waals surface area (Å²) in [4.78, 5) is 8.48. The van der Waals surface area contributed by atoms with Crippen molar-refractivity contribution in [2.75, 3.05) is 0 Å². The Hall–Kier alpha value is -1.37. The zero-order valence-corrected chi connectivity index (χ0v) is 10.0. The number of H-pyrrole nitrogens is 1. The molecule has 0 bridgehead atoms. The minimum absolute atomic E-state index is 0.605. The van der Waals surface area contributed by atoms with E-state index in [0.29, 0.717) is 16.8 Å². The topological polar surface area (TPSA) is 80.5 Å². The third-order valence-corrected chi connectivity index (χ3v) is 2.83. The van der Waals surface area contributed by atoms with Crippen molar-refractivity contribution in [3.63, 3.8) is 0 Å². The molecule has 0 amide bonds. The lowest BCUT2D eigenvalue weighted by molar-refractivity contribution is 0.385. The number of aryl methyl sites for hydroxylation is 2. The van der Waals surface area contributed by atoms with Crippen LogP contribution in [-0.2, 0) is 18.6 Å². The van der Waals surface area contributed by atoms with Crippen molar-refractivity contribution in [2.24, 2.45) is 0 Å². The molecule has 0 saturated heterocycles. The number of nitrogens with one attached hydrogen (secondary N) is 1. The van der Waals surface area contributed by atoms with Crippen molar-refractivity contribution < 1.29 is 4.52 Å². The van der Waals surface area contributed by atoms with Crippen molar-refractivity contribution in [3.05, 3.63) is 17.5 Å². The van der Waals surface area contributed by atoms with Gasteiger partial charge in [0.25, 0.3) is 0 Å². The Labute approximate surface area is 97.2 Å². The Morgan fingerprint density at radius 3 is 2.75 bits per heavy atom. The summed E-state index contributed by atoms with van der Waals surface area (Å²) in [6.45, 7) is 4.02. The average Bonchev–Trinajstić information content (AvgIpc) is 2.95. The molecule has 0 unspecified atom stereocenters. The summed E-state index contributed by atoms with van der Waals surface area (Å²) >= 11 is 1.48. The van der Waals surface area contributed by atoms with Crippen LogP contribution in [0.2, 0.25) is 0 Å². The molecule has 2 aromatic heterocycles. The molecule has 16 heavy (non-hydrogen) atoms. The molecule has 0 spiro atoms. The summed E-state index contributed by atoms with van der Waals surface area (Å²) in [5.41, 5.74) is 0. The zero-order valence-electron chi connectivity index (χ0n) is 9.23. The lowest BCUT2D eigenvalue weighted by Crippen LogP contribution is -1.85. The Bertz CT molecular complexity index is 410. The Balaban J connectivity index is 1.91. The molecule has 7 heteroatoms. The first kappa shape index (κ1) is 11.1. The van der Waals surface area contributed by atoms with Gasteiger partial charge in [-0.2, -0.15) is 4.98 Å². The van der Waals surface area contributed by atoms with Gasteiger partial charge in [0.15, 0.2) is 5.82 Å². The molecular formula is C9H13N5OS. The lowest BCUT2D eigenvalue weighted by atomic mass is 10.5. The quantitative estimate of drug-likeness (QED) is 0.798. The normalized spacial score (nSPS) is 10.9. The van der Waals surface area contributed by atoms with Crippen molar-refractivity contribution in [2.45, 2.75) is 37.6 Å². The predicted molar refractivity (Wildman–Crippen MR) is 59.0 cm³/mol. The molecule has 2 aromatic rings. The van der Waals surface area contributed by atoms with Crippen LogP contribution in [0.3, 0.4) is 0 Å². The largest absolute Gasteiger partial charge is 0.338 e. The van der Waals surface area contributed by atoms with Gasteiger partial charge in [-0.15, -0.1) is 5.10 Å². The second kappa shape index (κ2) is 5.11. The smallest absolute Gasteiger partial charge is 0.237 e. The minimum atomic E-state index is 0.605. The van der Waals surface area contributed by atoms with E-state index in [4.69, 9.17) is 4.52 Å². The van der Waals surface area contributed by atoms with Crippen LogP contribution < -0.4 is 0 Å². The fraction of sp³-hybridized carbons (Fsp3) is 0.556. The van der Waals surface area contributed by atoms with Gasteiger partial charge >= 0.3 is 0 Å². The molecule has 2 heterocycles.